The van der Waals surface area contributed by atoms with Crippen molar-refractivity contribution >= 4 is 27.5 Å². The Labute approximate surface area is 134 Å². The third kappa shape index (κ3) is 4.98. The van der Waals surface area contributed by atoms with E-state index < -0.39 is 9.84 Å². The van der Waals surface area contributed by atoms with E-state index in [4.69, 9.17) is 4.52 Å². The molecule has 2 rings (SSSR count). The largest absolute Gasteiger partial charge is 0.352 e. The minimum atomic E-state index is -2.97. The van der Waals surface area contributed by atoms with Crippen LogP contribution in [0.25, 0.3) is 0 Å². The van der Waals surface area contributed by atoms with Crippen molar-refractivity contribution in [1.82, 2.24) is 15.5 Å². The molecule has 0 bridgehead atoms. The Morgan fingerprint density at radius 3 is 2.73 bits per heavy atom. The van der Waals surface area contributed by atoms with Gasteiger partial charge in [0.25, 0.3) is 0 Å². The number of carbonyl (C=O) groups excluding carboxylic acids is 1. The molecule has 0 unspecified atom stereocenters. The first-order valence-corrected chi connectivity index (χ1v) is 10.0. The Morgan fingerprint density at radius 1 is 1.45 bits per heavy atom. The zero-order valence-electron chi connectivity index (χ0n) is 13.0. The number of rotatable bonds is 5. The second-order valence-electron chi connectivity index (χ2n) is 6.42. The molecule has 1 N–H and O–H groups in total. The molecular weight excluding hydrogens is 326 g/mol. The number of nitrogens with one attached hydrogen (secondary N) is 1. The fourth-order valence-corrected chi connectivity index (χ4v) is 4.36. The first-order valence-electron chi connectivity index (χ1n) is 7.06. The Bertz CT molecular complexity index is 634. The minimum absolute atomic E-state index is 0.0437. The lowest BCUT2D eigenvalue weighted by Gasteiger charge is -2.11. The lowest BCUT2D eigenvalue weighted by Crippen LogP contribution is -2.36. The number of aromatic nitrogens is 2. The van der Waals surface area contributed by atoms with E-state index in [1.807, 2.05) is 20.8 Å². The molecule has 9 heteroatoms. The molecule has 124 valence electrons. The van der Waals surface area contributed by atoms with Gasteiger partial charge in [-0.1, -0.05) is 25.9 Å². The molecule has 0 saturated carbocycles. The molecule has 1 atom stereocenters. The van der Waals surface area contributed by atoms with Gasteiger partial charge in [-0.15, -0.1) is 11.8 Å². The van der Waals surface area contributed by atoms with Crippen LogP contribution >= 0.6 is 11.8 Å². The molecule has 0 aliphatic carbocycles. The molecule has 1 aliphatic heterocycles. The van der Waals surface area contributed by atoms with E-state index in [1.54, 1.807) is 0 Å². The van der Waals surface area contributed by atoms with Gasteiger partial charge in [-0.3, -0.25) is 4.79 Å². The van der Waals surface area contributed by atoms with E-state index in [0.717, 1.165) is 0 Å². The van der Waals surface area contributed by atoms with Gasteiger partial charge in [-0.25, -0.2) is 8.42 Å². The Morgan fingerprint density at radius 2 is 2.18 bits per heavy atom. The summed E-state index contributed by atoms with van der Waals surface area (Å²) in [6, 6.07) is -0.256. The van der Waals surface area contributed by atoms with E-state index in [2.05, 4.69) is 15.5 Å². The zero-order chi connectivity index (χ0) is 16.4. The highest BCUT2D eigenvalue weighted by Gasteiger charge is 2.28. The van der Waals surface area contributed by atoms with E-state index in [0.29, 0.717) is 23.9 Å². The quantitative estimate of drug-likeness (QED) is 0.844. The summed E-state index contributed by atoms with van der Waals surface area (Å²) in [5.41, 5.74) is -0.169. The Hall–Kier alpha value is -1.09. The number of nitrogens with zero attached hydrogens (tertiary/aromatic N) is 2. The maximum atomic E-state index is 11.8. The molecule has 2 heterocycles. The zero-order valence-corrected chi connectivity index (χ0v) is 14.6. The van der Waals surface area contributed by atoms with Gasteiger partial charge in [0, 0.05) is 11.5 Å². The summed E-state index contributed by atoms with van der Waals surface area (Å²) < 4.78 is 27.8. The fourth-order valence-electron chi connectivity index (χ4n) is 2.03. The van der Waals surface area contributed by atoms with Gasteiger partial charge in [0.1, 0.15) is 0 Å². The van der Waals surface area contributed by atoms with Crippen LogP contribution in [0.15, 0.2) is 4.52 Å². The molecule has 1 saturated heterocycles. The van der Waals surface area contributed by atoms with E-state index in [9.17, 15) is 13.2 Å². The van der Waals surface area contributed by atoms with Gasteiger partial charge in [-0.05, 0) is 6.42 Å². The molecule has 0 radical (unpaired) electrons. The highest BCUT2D eigenvalue weighted by Crippen LogP contribution is 2.20. The van der Waals surface area contributed by atoms with Gasteiger partial charge in [0.05, 0.1) is 23.0 Å². The molecule has 1 fully saturated rings. The van der Waals surface area contributed by atoms with Crippen molar-refractivity contribution in [3.8, 4) is 0 Å². The highest BCUT2D eigenvalue weighted by atomic mass is 32.2. The third-order valence-electron chi connectivity index (χ3n) is 3.20. The molecule has 0 spiro atoms. The second-order valence-corrected chi connectivity index (χ2v) is 9.64. The van der Waals surface area contributed by atoms with Crippen molar-refractivity contribution in [2.75, 3.05) is 17.3 Å². The van der Waals surface area contributed by atoms with Crippen molar-refractivity contribution in [1.29, 1.82) is 0 Å². The van der Waals surface area contributed by atoms with Crippen LogP contribution < -0.4 is 5.32 Å². The van der Waals surface area contributed by atoms with Crippen LogP contribution in [0.3, 0.4) is 0 Å². The highest BCUT2D eigenvalue weighted by molar-refractivity contribution is 7.99. The van der Waals surface area contributed by atoms with Crippen molar-refractivity contribution in [3.63, 3.8) is 0 Å². The maximum Gasteiger partial charge on any atom is 0.236 e. The number of thioether (sulfide) groups is 1. The molecule has 1 aromatic heterocycles. The molecule has 7 nitrogen and oxygen atoms in total. The summed E-state index contributed by atoms with van der Waals surface area (Å²) in [6.45, 7) is 5.99. The lowest BCUT2D eigenvalue weighted by molar-refractivity contribution is -0.119. The van der Waals surface area contributed by atoms with Crippen LogP contribution in [0, 0.1) is 0 Å². The molecule has 1 aromatic rings. The van der Waals surface area contributed by atoms with Gasteiger partial charge in [0.2, 0.25) is 11.8 Å². The fraction of sp³-hybridized carbons (Fsp3) is 0.769. The summed E-state index contributed by atoms with van der Waals surface area (Å²) in [5, 5.41) is 6.66. The van der Waals surface area contributed by atoms with E-state index in [1.165, 1.54) is 11.8 Å². The van der Waals surface area contributed by atoms with E-state index >= 15 is 0 Å². The van der Waals surface area contributed by atoms with E-state index in [-0.39, 0.29) is 34.6 Å². The van der Waals surface area contributed by atoms with Gasteiger partial charge < -0.3 is 9.84 Å². The van der Waals surface area contributed by atoms with Crippen LogP contribution in [-0.4, -0.2) is 47.8 Å². The van der Waals surface area contributed by atoms with Gasteiger partial charge >= 0.3 is 0 Å². The summed E-state index contributed by atoms with van der Waals surface area (Å²) in [4.78, 5) is 16.1. The Balaban J connectivity index is 1.72. The summed E-state index contributed by atoms with van der Waals surface area (Å²) in [7, 11) is -2.97. The first-order chi connectivity index (χ1) is 10.2. The summed E-state index contributed by atoms with van der Waals surface area (Å²) >= 11 is 1.36. The van der Waals surface area contributed by atoms with Gasteiger partial charge in [-0.2, -0.15) is 4.98 Å². The monoisotopic (exact) mass is 347 g/mol. The molecule has 1 aliphatic rings. The SMILES string of the molecule is CC(C)(C)c1noc(CSCC(=O)N[C@H]2CCS(=O)(=O)C2)n1. The van der Waals surface area contributed by atoms with Crippen LogP contribution in [0.2, 0.25) is 0 Å². The van der Waals surface area contributed by atoms with Gasteiger partial charge in [0.15, 0.2) is 15.7 Å². The predicted molar refractivity (Wildman–Crippen MR) is 84.4 cm³/mol. The van der Waals surface area contributed by atoms with Crippen molar-refractivity contribution in [3.05, 3.63) is 11.7 Å². The topological polar surface area (TPSA) is 102 Å². The number of hydrogen-bond acceptors (Lipinski definition) is 7. The summed E-state index contributed by atoms with van der Waals surface area (Å²) in [6.07, 6.45) is 0.497. The number of carbonyl (C=O) groups is 1. The number of amides is 1. The Kier molecular flexibility index (Phi) is 5.16. The van der Waals surface area contributed by atoms with Crippen LogP contribution in [-0.2, 0) is 25.8 Å². The average Bonchev–Trinajstić information content (AvgIpc) is 2.95. The molecule has 1 amide bonds. The minimum Gasteiger partial charge on any atom is -0.352 e. The smallest absolute Gasteiger partial charge is 0.236 e. The van der Waals surface area contributed by atoms with Crippen molar-refractivity contribution < 1.29 is 17.7 Å². The second kappa shape index (κ2) is 6.57. The van der Waals surface area contributed by atoms with Crippen LogP contribution in [0.5, 0.6) is 0 Å². The normalized spacial score (nSPS) is 21.0. The lowest BCUT2D eigenvalue weighted by atomic mass is 9.96. The number of sulfone groups is 1. The standard InChI is InChI=1S/C13H21N3O4S2/c1-13(2,3)12-15-11(20-16-12)7-21-6-10(17)14-9-4-5-22(18,19)8-9/h9H,4-8H2,1-3H3,(H,14,17)/t9-/m0/s1. The molecule has 0 aromatic carbocycles. The van der Waals surface area contributed by atoms with Crippen molar-refractivity contribution in [2.45, 2.75) is 44.4 Å². The molecule has 22 heavy (non-hydrogen) atoms. The molecular formula is C13H21N3O4S2. The van der Waals surface area contributed by atoms with Crippen LogP contribution in [0.1, 0.15) is 38.9 Å². The third-order valence-corrected chi connectivity index (χ3v) is 5.88. The predicted octanol–water partition coefficient (Wildman–Crippen LogP) is 0.904. The van der Waals surface area contributed by atoms with Crippen molar-refractivity contribution in [2.24, 2.45) is 0 Å². The number of hydrogen-bond donors (Lipinski definition) is 1. The summed E-state index contributed by atoms with van der Waals surface area (Å²) in [5.74, 6) is 1.87. The van der Waals surface area contributed by atoms with Crippen LogP contribution in [0.4, 0.5) is 0 Å². The maximum absolute atomic E-state index is 11.8. The average molecular weight is 347 g/mol. The first kappa shape index (κ1) is 17.3.